The lowest BCUT2D eigenvalue weighted by Crippen LogP contribution is -2.25. The van der Waals surface area contributed by atoms with Crippen molar-refractivity contribution in [2.75, 3.05) is 4.90 Å². The van der Waals surface area contributed by atoms with Crippen LogP contribution in [0.15, 0.2) is 115 Å². The lowest BCUT2D eigenvalue weighted by atomic mass is 9.72. The molecule has 1 heterocycles. The lowest BCUT2D eigenvalue weighted by Gasteiger charge is -2.40. The normalized spacial score (nSPS) is 15.4. The number of nitrogens with zero attached hydrogens (tertiary/aromatic N) is 2. The van der Waals surface area contributed by atoms with Crippen LogP contribution in [0.1, 0.15) is 45.2 Å². The number of para-hydroxylation sites is 3. The van der Waals surface area contributed by atoms with Crippen molar-refractivity contribution in [3.05, 3.63) is 149 Å². The Balaban J connectivity index is 1.53. The Hall–Kier alpha value is -4.61. The monoisotopic (exact) mass is 460 g/mol. The van der Waals surface area contributed by atoms with Crippen molar-refractivity contribution in [1.29, 1.82) is 5.26 Å². The second-order valence-electron chi connectivity index (χ2n) is 9.75. The van der Waals surface area contributed by atoms with Crippen molar-refractivity contribution in [3.63, 3.8) is 0 Å². The molecule has 7 rings (SSSR count). The van der Waals surface area contributed by atoms with Crippen molar-refractivity contribution in [3.8, 4) is 17.2 Å². The molecule has 0 amide bonds. The standard InChI is InChI=1S/C34H24N2/c1-22-15-17-25-26-18-16-23(21-35)20-30(26)34(29(25)19-22)33-27-11-5-7-13-31(27)36(24-9-3-2-4-10-24)32-14-8-6-12-28(32)33/h2-20,33-34H,1H3. The minimum Gasteiger partial charge on any atom is -0.310 e. The topological polar surface area (TPSA) is 27.0 Å². The van der Waals surface area contributed by atoms with Crippen molar-refractivity contribution in [2.24, 2.45) is 0 Å². The third kappa shape index (κ3) is 2.96. The summed E-state index contributed by atoms with van der Waals surface area (Å²) < 4.78 is 0. The van der Waals surface area contributed by atoms with Crippen LogP contribution >= 0.6 is 0 Å². The minimum absolute atomic E-state index is 0.128. The summed E-state index contributed by atoms with van der Waals surface area (Å²) in [6.07, 6.45) is 0. The molecule has 36 heavy (non-hydrogen) atoms. The van der Waals surface area contributed by atoms with E-state index in [1.54, 1.807) is 0 Å². The molecular formula is C34H24N2. The molecule has 170 valence electrons. The molecule has 0 bridgehead atoms. The molecule has 2 aliphatic rings. The Labute approximate surface area is 211 Å². The summed E-state index contributed by atoms with van der Waals surface area (Å²) in [5, 5.41) is 9.75. The van der Waals surface area contributed by atoms with E-state index in [1.807, 2.05) is 6.07 Å². The smallest absolute Gasteiger partial charge is 0.0991 e. The van der Waals surface area contributed by atoms with Gasteiger partial charge < -0.3 is 4.90 Å². The fraction of sp³-hybridized carbons (Fsp3) is 0.0882. The van der Waals surface area contributed by atoms with Crippen LogP contribution in [-0.2, 0) is 0 Å². The van der Waals surface area contributed by atoms with E-state index in [9.17, 15) is 5.26 Å². The highest BCUT2D eigenvalue weighted by Gasteiger charge is 2.41. The van der Waals surface area contributed by atoms with Gasteiger partial charge in [0, 0.05) is 28.9 Å². The van der Waals surface area contributed by atoms with Gasteiger partial charge >= 0.3 is 0 Å². The first-order valence-corrected chi connectivity index (χ1v) is 12.4. The zero-order chi connectivity index (χ0) is 24.2. The summed E-state index contributed by atoms with van der Waals surface area (Å²) in [6, 6.07) is 43.6. The maximum Gasteiger partial charge on any atom is 0.0991 e. The van der Waals surface area contributed by atoms with Crippen LogP contribution in [0.5, 0.6) is 0 Å². The van der Waals surface area contributed by atoms with Crippen LogP contribution in [0.4, 0.5) is 17.1 Å². The number of benzene rings is 5. The number of aryl methyl sites for hydroxylation is 1. The third-order valence-electron chi connectivity index (χ3n) is 7.72. The number of hydrogen-bond acceptors (Lipinski definition) is 2. The van der Waals surface area contributed by atoms with E-state index >= 15 is 0 Å². The third-order valence-corrected chi connectivity index (χ3v) is 7.72. The molecule has 1 atom stereocenters. The van der Waals surface area contributed by atoms with Gasteiger partial charge in [0.1, 0.15) is 0 Å². The number of rotatable bonds is 2. The Kier molecular flexibility index (Phi) is 4.59. The van der Waals surface area contributed by atoms with Crippen molar-refractivity contribution in [2.45, 2.75) is 18.8 Å². The molecular weight excluding hydrogens is 436 g/mol. The largest absolute Gasteiger partial charge is 0.310 e. The number of anilines is 3. The van der Waals surface area contributed by atoms with Crippen molar-refractivity contribution >= 4 is 17.1 Å². The predicted octanol–water partition coefficient (Wildman–Crippen LogP) is 8.59. The van der Waals surface area contributed by atoms with Crippen LogP contribution in [0.3, 0.4) is 0 Å². The van der Waals surface area contributed by atoms with Crippen molar-refractivity contribution in [1.82, 2.24) is 0 Å². The van der Waals surface area contributed by atoms with E-state index in [1.165, 1.54) is 50.3 Å². The molecule has 5 aromatic carbocycles. The summed E-state index contributed by atoms with van der Waals surface area (Å²) in [5.41, 5.74) is 13.3. The van der Waals surface area contributed by atoms with Gasteiger partial charge in [-0.3, -0.25) is 0 Å². The molecule has 1 unspecified atom stereocenters. The van der Waals surface area contributed by atoms with E-state index in [0.29, 0.717) is 5.56 Å². The maximum absolute atomic E-state index is 9.75. The fourth-order valence-corrected chi connectivity index (χ4v) is 6.27. The van der Waals surface area contributed by atoms with Gasteiger partial charge in [0.2, 0.25) is 0 Å². The molecule has 0 N–H and O–H groups in total. The van der Waals surface area contributed by atoms with E-state index in [-0.39, 0.29) is 11.8 Å². The van der Waals surface area contributed by atoms with Gasteiger partial charge in [-0.2, -0.15) is 5.26 Å². The van der Waals surface area contributed by atoms with Crippen LogP contribution in [0, 0.1) is 18.3 Å². The summed E-state index contributed by atoms with van der Waals surface area (Å²) in [7, 11) is 0. The van der Waals surface area contributed by atoms with Gasteiger partial charge in [0.25, 0.3) is 0 Å². The Bertz CT molecular complexity index is 1630. The van der Waals surface area contributed by atoms with Gasteiger partial charge in [-0.15, -0.1) is 0 Å². The van der Waals surface area contributed by atoms with Crippen LogP contribution in [0.2, 0.25) is 0 Å². The second kappa shape index (κ2) is 7.97. The quantitative estimate of drug-likeness (QED) is 0.264. The highest BCUT2D eigenvalue weighted by molar-refractivity contribution is 5.87. The molecule has 1 aliphatic heterocycles. The van der Waals surface area contributed by atoms with Crippen LogP contribution < -0.4 is 4.90 Å². The van der Waals surface area contributed by atoms with Gasteiger partial charge in [-0.25, -0.2) is 0 Å². The van der Waals surface area contributed by atoms with Gasteiger partial charge in [-0.1, -0.05) is 84.4 Å². The molecule has 0 fully saturated rings. The molecule has 2 nitrogen and oxygen atoms in total. The average Bonchev–Trinajstić information content (AvgIpc) is 3.24. The van der Waals surface area contributed by atoms with E-state index < -0.39 is 0 Å². The average molecular weight is 461 g/mol. The molecule has 1 aliphatic carbocycles. The fourth-order valence-electron chi connectivity index (χ4n) is 6.27. The summed E-state index contributed by atoms with van der Waals surface area (Å²) in [5.74, 6) is 0.261. The van der Waals surface area contributed by atoms with E-state index in [0.717, 1.165) is 5.69 Å². The lowest BCUT2D eigenvalue weighted by molar-refractivity contribution is 0.699. The van der Waals surface area contributed by atoms with Crippen LogP contribution in [-0.4, -0.2) is 0 Å². The molecule has 0 saturated heterocycles. The summed E-state index contributed by atoms with van der Waals surface area (Å²) >= 11 is 0. The first-order chi connectivity index (χ1) is 17.7. The zero-order valence-electron chi connectivity index (χ0n) is 20.0. The Morgan fingerprint density at radius 3 is 1.81 bits per heavy atom. The van der Waals surface area contributed by atoms with Crippen molar-refractivity contribution < 1.29 is 0 Å². The Morgan fingerprint density at radius 2 is 1.14 bits per heavy atom. The number of nitriles is 1. The summed E-state index contributed by atoms with van der Waals surface area (Å²) in [6.45, 7) is 2.17. The Morgan fingerprint density at radius 1 is 0.583 bits per heavy atom. The molecule has 0 spiro atoms. The minimum atomic E-state index is 0.128. The first-order valence-electron chi connectivity index (χ1n) is 12.4. The second-order valence-corrected chi connectivity index (χ2v) is 9.75. The highest BCUT2D eigenvalue weighted by atomic mass is 15.2. The molecule has 5 aromatic rings. The SMILES string of the molecule is Cc1ccc2c(c1)C(C1c3ccccc3N(c3ccccc3)c3ccccc31)c1cc(C#N)ccc1-2. The summed E-state index contributed by atoms with van der Waals surface area (Å²) in [4.78, 5) is 2.39. The highest BCUT2D eigenvalue weighted by Crippen LogP contribution is 2.59. The number of hydrogen-bond donors (Lipinski definition) is 0. The maximum atomic E-state index is 9.75. The van der Waals surface area contributed by atoms with Gasteiger partial charge in [-0.05, 0) is 76.7 Å². The molecule has 0 radical (unpaired) electrons. The van der Waals surface area contributed by atoms with Gasteiger partial charge in [0.15, 0.2) is 0 Å². The molecule has 2 heteroatoms. The molecule has 0 aromatic heterocycles. The van der Waals surface area contributed by atoms with E-state index in [2.05, 4.69) is 127 Å². The zero-order valence-corrected chi connectivity index (χ0v) is 20.0. The molecule has 0 saturated carbocycles. The van der Waals surface area contributed by atoms with E-state index in [4.69, 9.17) is 0 Å². The first kappa shape index (κ1) is 20.7. The predicted molar refractivity (Wildman–Crippen MR) is 146 cm³/mol. The van der Waals surface area contributed by atoms with Crippen LogP contribution in [0.25, 0.3) is 11.1 Å². The number of fused-ring (bicyclic) bond motifs is 5. The van der Waals surface area contributed by atoms with Gasteiger partial charge in [0.05, 0.1) is 11.6 Å².